The van der Waals surface area contributed by atoms with E-state index in [0.29, 0.717) is 30.8 Å². The van der Waals surface area contributed by atoms with Crippen LogP contribution in [0.5, 0.6) is 0 Å². The number of aromatic nitrogens is 2. The van der Waals surface area contributed by atoms with Crippen LogP contribution in [0, 0.1) is 11.8 Å². The topological polar surface area (TPSA) is 333 Å². The Morgan fingerprint density at radius 2 is 1.27 bits per heavy atom. The predicted octanol–water partition coefficient (Wildman–Crippen LogP) is -3.16. The van der Waals surface area contributed by atoms with Crippen molar-refractivity contribution < 1.29 is 48.9 Å². The first-order valence-electron chi connectivity index (χ1n) is 18.1. The molecule has 0 unspecified atom stereocenters. The number of amides is 6. The monoisotopic (exact) mass is 800 g/mol. The SMILES string of the molecule is CSCC[C@H](NC(=O)[C@H](CO)NC(=O)[C@H](CCCCN)NC(=O)[C@@H](N)C(C)C)C(=O)N[C@H](C(=O)N[C@H](C(=O)N[C@@H](Cc1cnc[nH]1)C(=O)O)[C@@H](C)O)C(C)C. The molecule has 14 N–H and O–H groups in total. The molecule has 0 saturated carbocycles. The summed E-state index contributed by atoms with van der Waals surface area (Å²) in [5.41, 5.74) is 11.9. The lowest BCUT2D eigenvalue weighted by atomic mass is 10.0. The second-order valence-electron chi connectivity index (χ2n) is 13.8. The number of carboxylic acid groups (broad SMARTS) is 1. The lowest BCUT2D eigenvalue weighted by molar-refractivity contribution is -0.143. The Morgan fingerprint density at radius 3 is 1.78 bits per heavy atom. The number of hydrogen-bond acceptors (Lipinski definition) is 13. The standard InChI is InChI=1S/C34H60N10O10S/c1-17(2)25(36)31(50)40-21(9-7-8-11-35)28(47)42-24(15-45)30(49)39-22(10-12-55-6)29(48)43-26(18(3)4)32(51)44-27(19(5)46)33(52)41-23(34(53)54)13-20-14-37-16-38-20/h14,16-19,21-27,45-46H,7-13,15,35-36H2,1-6H3,(H,37,38)(H,39,49)(H,40,50)(H,41,52)(H,42,47)(H,43,48)(H,44,51)(H,53,54)/t19-,21+,22+,23+,24+,25+,26+,27+/m1/s1. The van der Waals surface area contributed by atoms with Gasteiger partial charge in [-0.3, -0.25) is 28.8 Å². The fourth-order valence-electron chi connectivity index (χ4n) is 5.09. The Morgan fingerprint density at radius 1 is 0.745 bits per heavy atom. The van der Waals surface area contributed by atoms with Gasteiger partial charge in [-0.1, -0.05) is 27.7 Å². The van der Waals surface area contributed by atoms with Crippen LogP contribution in [-0.4, -0.2) is 140 Å². The number of H-pyrrole nitrogens is 1. The average Bonchev–Trinajstić information content (AvgIpc) is 3.64. The van der Waals surface area contributed by atoms with Crippen molar-refractivity contribution in [2.45, 2.75) is 115 Å². The molecule has 21 heteroatoms. The van der Waals surface area contributed by atoms with Crippen molar-refractivity contribution in [1.82, 2.24) is 41.9 Å². The summed E-state index contributed by atoms with van der Waals surface area (Å²) in [6, 6.07) is -9.10. The maximum Gasteiger partial charge on any atom is 0.326 e. The van der Waals surface area contributed by atoms with Gasteiger partial charge in [-0.25, -0.2) is 9.78 Å². The molecule has 0 bridgehead atoms. The zero-order chi connectivity index (χ0) is 41.8. The third-order valence-electron chi connectivity index (χ3n) is 8.56. The summed E-state index contributed by atoms with van der Waals surface area (Å²) in [6.07, 6.45) is 4.15. The molecule has 0 saturated heterocycles. The highest BCUT2D eigenvalue weighted by Gasteiger charge is 2.36. The van der Waals surface area contributed by atoms with Crippen LogP contribution in [-0.2, 0) is 40.0 Å². The fourth-order valence-corrected chi connectivity index (χ4v) is 5.56. The number of nitrogens with zero attached hydrogens (tertiary/aromatic N) is 1. The second kappa shape index (κ2) is 25.0. The summed E-state index contributed by atoms with van der Waals surface area (Å²) in [5.74, 6) is -6.69. The first-order chi connectivity index (χ1) is 25.9. The number of nitrogens with two attached hydrogens (primary N) is 2. The number of carboxylic acids is 1. The Labute approximate surface area is 325 Å². The molecule has 0 aromatic carbocycles. The normalized spacial score (nSPS) is 15.7. The van der Waals surface area contributed by atoms with Crippen molar-refractivity contribution >= 4 is 53.2 Å². The fraction of sp³-hybridized carbons (Fsp3) is 0.706. The number of thioether (sulfide) groups is 1. The number of aliphatic hydroxyl groups is 2. The van der Waals surface area contributed by atoms with E-state index in [1.165, 1.54) is 31.2 Å². The molecule has 0 aliphatic heterocycles. The molecule has 1 aromatic rings. The number of aliphatic hydroxyl groups excluding tert-OH is 2. The predicted molar refractivity (Wildman–Crippen MR) is 204 cm³/mol. The summed E-state index contributed by atoms with van der Waals surface area (Å²) in [5, 5.41) is 44.9. The summed E-state index contributed by atoms with van der Waals surface area (Å²) in [4.78, 5) is 98.0. The molecule has 0 spiro atoms. The molecule has 1 rings (SSSR count). The van der Waals surface area contributed by atoms with Crippen molar-refractivity contribution in [1.29, 1.82) is 0 Å². The van der Waals surface area contributed by atoms with E-state index in [2.05, 4.69) is 41.9 Å². The number of hydrogen-bond donors (Lipinski definition) is 12. The van der Waals surface area contributed by atoms with E-state index in [0.717, 1.165) is 0 Å². The number of rotatable bonds is 26. The van der Waals surface area contributed by atoms with Crippen molar-refractivity contribution in [2.24, 2.45) is 23.3 Å². The molecule has 8 atom stereocenters. The van der Waals surface area contributed by atoms with Crippen LogP contribution in [0.4, 0.5) is 0 Å². The minimum absolute atomic E-state index is 0.0771. The molecular weight excluding hydrogens is 741 g/mol. The Hall–Kier alpha value is -4.31. The number of carbonyl (C=O) groups excluding carboxylic acids is 6. The van der Waals surface area contributed by atoms with Crippen LogP contribution in [0.25, 0.3) is 0 Å². The average molecular weight is 801 g/mol. The van der Waals surface area contributed by atoms with Gasteiger partial charge in [0.15, 0.2) is 0 Å². The highest BCUT2D eigenvalue weighted by molar-refractivity contribution is 7.98. The van der Waals surface area contributed by atoms with E-state index < -0.39 is 102 Å². The molecular formula is C34H60N10O10S. The number of aromatic amines is 1. The molecule has 0 aliphatic rings. The van der Waals surface area contributed by atoms with E-state index in [9.17, 15) is 48.9 Å². The first-order valence-corrected chi connectivity index (χ1v) is 19.5. The first kappa shape index (κ1) is 48.7. The molecule has 6 amide bonds. The van der Waals surface area contributed by atoms with E-state index in [4.69, 9.17) is 11.5 Å². The molecule has 0 aliphatic carbocycles. The Bertz CT molecular complexity index is 1400. The second-order valence-corrected chi connectivity index (χ2v) is 14.8. The zero-order valence-electron chi connectivity index (χ0n) is 32.3. The van der Waals surface area contributed by atoms with Gasteiger partial charge < -0.3 is 63.7 Å². The number of nitrogens with one attached hydrogen (secondary N) is 7. The Kier molecular flexibility index (Phi) is 22.1. The maximum atomic E-state index is 13.6. The molecule has 312 valence electrons. The van der Waals surface area contributed by atoms with Gasteiger partial charge in [0.2, 0.25) is 35.4 Å². The summed E-state index contributed by atoms with van der Waals surface area (Å²) in [6.45, 7) is 7.43. The van der Waals surface area contributed by atoms with Gasteiger partial charge in [-0.2, -0.15) is 11.8 Å². The number of imidazole rings is 1. The summed E-state index contributed by atoms with van der Waals surface area (Å²) >= 11 is 1.37. The van der Waals surface area contributed by atoms with E-state index >= 15 is 0 Å². The number of unbranched alkanes of at least 4 members (excludes halogenated alkanes) is 1. The van der Waals surface area contributed by atoms with Crippen LogP contribution in [0.2, 0.25) is 0 Å². The molecule has 0 radical (unpaired) electrons. The van der Waals surface area contributed by atoms with E-state index in [1.54, 1.807) is 34.0 Å². The van der Waals surface area contributed by atoms with Gasteiger partial charge >= 0.3 is 5.97 Å². The number of aliphatic carboxylic acids is 1. The summed E-state index contributed by atoms with van der Waals surface area (Å²) < 4.78 is 0. The minimum Gasteiger partial charge on any atom is -0.480 e. The highest BCUT2D eigenvalue weighted by atomic mass is 32.2. The van der Waals surface area contributed by atoms with Gasteiger partial charge in [0.1, 0.15) is 36.3 Å². The van der Waals surface area contributed by atoms with E-state index in [-0.39, 0.29) is 25.2 Å². The van der Waals surface area contributed by atoms with Crippen molar-refractivity contribution in [3.8, 4) is 0 Å². The zero-order valence-corrected chi connectivity index (χ0v) is 33.1. The molecule has 0 fully saturated rings. The third-order valence-corrected chi connectivity index (χ3v) is 9.21. The van der Waals surface area contributed by atoms with Crippen molar-refractivity contribution in [3.05, 3.63) is 18.2 Å². The van der Waals surface area contributed by atoms with Gasteiger partial charge in [0.25, 0.3) is 0 Å². The minimum atomic E-state index is -1.61. The van der Waals surface area contributed by atoms with Crippen LogP contribution in [0.1, 0.15) is 66.0 Å². The highest BCUT2D eigenvalue weighted by Crippen LogP contribution is 2.09. The van der Waals surface area contributed by atoms with Gasteiger partial charge in [0.05, 0.1) is 25.1 Å². The van der Waals surface area contributed by atoms with Crippen molar-refractivity contribution in [2.75, 3.05) is 25.2 Å². The maximum absolute atomic E-state index is 13.6. The molecule has 1 aromatic heterocycles. The largest absolute Gasteiger partial charge is 0.480 e. The van der Waals surface area contributed by atoms with Gasteiger partial charge in [0, 0.05) is 18.3 Å². The van der Waals surface area contributed by atoms with Gasteiger partial charge in [-0.15, -0.1) is 0 Å². The Balaban J connectivity index is 3.13. The van der Waals surface area contributed by atoms with Gasteiger partial charge in [-0.05, 0) is 63.0 Å². The van der Waals surface area contributed by atoms with Crippen LogP contribution >= 0.6 is 11.8 Å². The van der Waals surface area contributed by atoms with Crippen LogP contribution < -0.4 is 43.4 Å². The van der Waals surface area contributed by atoms with Crippen LogP contribution in [0.3, 0.4) is 0 Å². The van der Waals surface area contributed by atoms with Crippen LogP contribution in [0.15, 0.2) is 12.5 Å². The lowest BCUT2D eigenvalue weighted by Gasteiger charge is -2.29. The number of carbonyl (C=O) groups is 7. The third kappa shape index (κ3) is 16.9. The summed E-state index contributed by atoms with van der Waals surface area (Å²) in [7, 11) is 0. The van der Waals surface area contributed by atoms with Crippen molar-refractivity contribution in [3.63, 3.8) is 0 Å². The molecule has 55 heavy (non-hydrogen) atoms. The van der Waals surface area contributed by atoms with E-state index in [1.807, 2.05) is 0 Å². The molecule has 20 nitrogen and oxygen atoms in total. The molecule has 1 heterocycles. The smallest absolute Gasteiger partial charge is 0.326 e. The lowest BCUT2D eigenvalue weighted by Crippen LogP contribution is -2.62. The quantitative estimate of drug-likeness (QED) is 0.0412.